The van der Waals surface area contributed by atoms with Crippen LogP contribution in [0.4, 0.5) is 0 Å². The molecule has 14 heavy (non-hydrogen) atoms. The summed E-state index contributed by atoms with van der Waals surface area (Å²) in [6.07, 6.45) is 1.73. The zero-order chi connectivity index (χ0) is 10.8. The van der Waals surface area contributed by atoms with Crippen molar-refractivity contribution in [3.05, 3.63) is 29.8 Å². The number of hydrogen-bond acceptors (Lipinski definition) is 2. The number of aldehydes is 1. The molecule has 0 aliphatic heterocycles. The van der Waals surface area contributed by atoms with Gasteiger partial charge in [-0.3, -0.25) is 4.79 Å². The van der Waals surface area contributed by atoms with Crippen LogP contribution in [0, 0.1) is 0 Å². The maximum absolute atomic E-state index is 10.3. The van der Waals surface area contributed by atoms with Crippen molar-refractivity contribution in [2.75, 3.05) is 12.8 Å². The minimum atomic E-state index is 0.674. The van der Waals surface area contributed by atoms with Crippen molar-refractivity contribution in [2.45, 2.75) is 13.8 Å². The highest BCUT2D eigenvalue weighted by molar-refractivity contribution is 7.16. The topological polar surface area (TPSA) is 26.3 Å². The van der Waals surface area contributed by atoms with Gasteiger partial charge in [-0.15, -0.1) is 9.24 Å². The molecule has 0 aliphatic rings. The molecular weight excluding hydrogens is 195 g/mol. The van der Waals surface area contributed by atoms with Gasteiger partial charge in [0.15, 0.2) is 0 Å². The van der Waals surface area contributed by atoms with Crippen LogP contribution in [-0.2, 0) is 0 Å². The fourth-order valence-electron chi connectivity index (χ4n) is 0.819. The fourth-order valence-corrected chi connectivity index (χ4v) is 0.937. The molecule has 0 radical (unpaired) electrons. The molecule has 1 atom stereocenters. The van der Waals surface area contributed by atoms with E-state index in [2.05, 4.69) is 9.24 Å². The molecule has 1 rings (SSSR count). The molecule has 1 aromatic rings. The summed E-state index contributed by atoms with van der Waals surface area (Å²) < 4.78 is 5.32. The van der Waals surface area contributed by atoms with Gasteiger partial charge in [-0.05, 0) is 30.4 Å². The van der Waals surface area contributed by atoms with E-state index in [9.17, 15) is 4.79 Å². The average molecular weight is 212 g/mol. The smallest absolute Gasteiger partial charge is 0.150 e. The molecular formula is C11H17O2P. The van der Waals surface area contributed by atoms with Gasteiger partial charge in [0.1, 0.15) is 12.0 Å². The predicted octanol–water partition coefficient (Wildman–Crippen LogP) is 2.78. The van der Waals surface area contributed by atoms with Gasteiger partial charge >= 0.3 is 0 Å². The summed E-state index contributed by atoms with van der Waals surface area (Å²) in [6.45, 7) is 4.69. The monoisotopic (exact) mass is 212 g/mol. The van der Waals surface area contributed by atoms with Crippen LogP contribution >= 0.6 is 9.24 Å². The Morgan fingerprint density at radius 2 is 1.86 bits per heavy atom. The van der Waals surface area contributed by atoms with E-state index in [4.69, 9.17) is 4.74 Å². The van der Waals surface area contributed by atoms with E-state index in [0.29, 0.717) is 12.2 Å². The molecule has 78 valence electrons. The van der Waals surface area contributed by atoms with Crippen molar-refractivity contribution in [1.29, 1.82) is 0 Å². The summed E-state index contributed by atoms with van der Waals surface area (Å²) in [4.78, 5) is 10.3. The van der Waals surface area contributed by atoms with Crippen LogP contribution in [0.3, 0.4) is 0 Å². The van der Waals surface area contributed by atoms with Crippen LogP contribution < -0.4 is 4.74 Å². The number of benzene rings is 1. The molecule has 0 spiro atoms. The van der Waals surface area contributed by atoms with Gasteiger partial charge in [0.2, 0.25) is 0 Å². The maximum Gasteiger partial charge on any atom is 0.150 e. The number of rotatable bonds is 4. The maximum atomic E-state index is 10.3. The fraction of sp³-hybridized carbons (Fsp3) is 0.364. The van der Waals surface area contributed by atoms with Crippen molar-refractivity contribution in [2.24, 2.45) is 0 Å². The van der Waals surface area contributed by atoms with Crippen molar-refractivity contribution < 1.29 is 9.53 Å². The molecule has 0 N–H and O–H groups in total. The number of carbonyl (C=O) groups excluding carboxylic acids is 1. The van der Waals surface area contributed by atoms with Crippen molar-refractivity contribution in [3.63, 3.8) is 0 Å². The molecule has 1 aromatic carbocycles. The Balaban J connectivity index is 0.000000791. The van der Waals surface area contributed by atoms with E-state index in [1.807, 2.05) is 13.8 Å². The summed E-state index contributed by atoms with van der Waals surface area (Å²) in [7, 11) is 2.59. The lowest BCUT2D eigenvalue weighted by Gasteiger charge is -2.02. The Morgan fingerprint density at radius 3 is 2.29 bits per heavy atom. The van der Waals surface area contributed by atoms with Gasteiger partial charge < -0.3 is 4.74 Å². The second kappa shape index (κ2) is 8.71. The van der Waals surface area contributed by atoms with Gasteiger partial charge in [-0.25, -0.2) is 0 Å². The van der Waals surface area contributed by atoms with Crippen LogP contribution in [-0.4, -0.2) is 19.1 Å². The second-order valence-corrected chi connectivity index (χ2v) is 2.90. The van der Waals surface area contributed by atoms with Crippen LogP contribution in [0.2, 0.25) is 0 Å². The first-order chi connectivity index (χ1) is 6.86. The average Bonchev–Trinajstić information content (AvgIpc) is 2.30. The molecule has 0 aromatic heterocycles. The molecule has 0 saturated heterocycles. The largest absolute Gasteiger partial charge is 0.493 e. The van der Waals surface area contributed by atoms with Gasteiger partial charge in [0.05, 0.1) is 6.61 Å². The van der Waals surface area contributed by atoms with Crippen LogP contribution in [0.1, 0.15) is 24.2 Å². The Labute approximate surface area is 87.9 Å². The molecule has 0 heterocycles. The third-order valence-electron chi connectivity index (χ3n) is 1.40. The van der Waals surface area contributed by atoms with E-state index in [-0.39, 0.29) is 0 Å². The highest BCUT2D eigenvalue weighted by atomic mass is 31.0. The summed E-state index contributed by atoms with van der Waals surface area (Å²) in [5, 5.41) is 0. The quantitative estimate of drug-likeness (QED) is 0.566. The number of carbonyl (C=O) groups is 1. The highest BCUT2D eigenvalue weighted by Gasteiger charge is 1.92. The summed E-state index contributed by atoms with van der Waals surface area (Å²) in [5.74, 6) is 0.808. The first-order valence-corrected chi connectivity index (χ1v) is 5.56. The molecule has 0 aliphatic carbocycles. The second-order valence-electron chi connectivity index (χ2n) is 2.32. The van der Waals surface area contributed by atoms with Gasteiger partial charge in [0, 0.05) is 5.56 Å². The zero-order valence-corrected chi connectivity index (χ0v) is 9.85. The third-order valence-corrected chi connectivity index (χ3v) is 1.64. The Hall–Kier alpha value is -0.880. The molecule has 3 heteroatoms. The molecule has 0 amide bonds. The van der Waals surface area contributed by atoms with E-state index >= 15 is 0 Å². The number of ether oxygens (including phenoxy) is 1. The standard InChI is InChI=1S/C9H11O2P.C2H6/c10-7-8-1-3-9(4-2-8)11-5-6-12;1-2/h1-4,7H,5-6,12H2;1-2H3. The lowest BCUT2D eigenvalue weighted by molar-refractivity contribution is 0.112. The van der Waals surface area contributed by atoms with Crippen LogP contribution in [0.15, 0.2) is 24.3 Å². The van der Waals surface area contributed by atoms with E-state index in [1.54, 1.807) is 24.3 Å². The van der Waals surface area contributed by atoms with Gasteiger partial charge in [0.25, 0.3) is 0 Å². The Kier molecular flexibility index (Phi) is 8.16. The first kappa shape index (κ1) is 13.1. The Bertz CT molecular complexity index is 244. The molecule has 2 nitrogen and oxygen atoms in total. The van der Waals surface area contributed by atoms with Crippen molar-refractivity contribution >= 4 is 15.5 Å². The highest BCUT2D eigenvalue weighted by Crippen LogP contribution is 2.10. The lowest BCUT2D eigenvalue weighted by atomic mass is 10.2. The van der Waals surface area contributed by atoms with Crippen molar-refractivity contribution in [3.8, 4) is 5.75 Å². The first-order valence-electron chi connectivity index (χ1n) is 4.75. The van der Waals surface area contributed by atoms with Crippen LogP contribution in [0.25, 0.3) is 0 Å². The minimum Gasteiger partial charge on any atom is -0.493 e. The normalized spacial score (nSPS) is 8.50. The van der Waals surface area contributed by atoms with Crippen LogP contribution in [0.5, 0.6) is 5.75 Å². The number of hydrogen-bond donors (Lipinski definition) is 0. The lowest BCUT2D eigenvalue weighted by Crippen LogP contribution is -1.97. The van der Waals surface area contributed by atoms with Gasteiger partial charge in [-0.1, -0.05) is 13.8 Å². The Morgan fingerprint density at radius 1 is 1.29 bits per heavy atom. The third kappa shape index (κ3) is 4.98. The SMILES string of the molecule is CC.O=Cc1ccc(OCCP)cc1. The predicted molar refractivity (Wildman–Crippen MR) is 63.2 cm³/mol. The van der Waals surface area contributed by atoms with E-state index < -0.39 is 0 Å². The van der Waals surface area contributed by atoms with E-state index in [1.165, 1.54) is 0 Å². The summed E-state index contributed by atoms with van der Waals surface area (Å²) in [5.41, 5.74) is 0.674. The molecule has 0 saturated carbocycles. The summed E-state index contributed by atoms with van der Waals surface area (Å²) >= 11 is 0. The molecule has 1 unspecified atom stereocenters. The molecule has 0 bridgehead atoms. The summed E-state index contributed by atoms with van der Waals surface area (Å²) in [6, 6.07) is 7.07. The van der Waals surface area contributed by atoms with Gasteiger partial charge in [-0.2, -0.15) is 0 Å². The van der Waals surface area contributed by atoms with E-state index in [0.717, 1.165) is 18.2 Å². The van der Waals surface area contributed by atoms with Crippen molar-refractivity contribution in [1.82, 2.24) is 0 Å². The zero-order valence-electron chi connectivity index (χ0n) is 8.69. The minimum absolute atomic E-state index is 0.674. The molecule has 0 fully saturated rings.